The molecular formula is C58H95N19O17S. The Morgan fingerprint density at radius 1 is 0.474 bits per heavy atom. The molecule has 0 aliphatic rings. The smallest absolute Gasteiger partial charge is 0.326 e. The van der Waals surface area contributed by atoms with Crippen molar-refractivity contribution in [2.45, 2.75) is 193 Å². The summed E-state index contributed by atoms with van der Waals surface area (Å²) in [4.78, 5) is 214. The second kappa shape index (κ2) is 40.8. The lowest BCUT2D eigenvalue weighted by molar-refractivity contribution is -0.142. The van der Waals surface area contributed by atoms with Gasteiger partial charge in [0.2, 0.25) is 82.7 Å². The third-order valence-electron chi connectivity index (χ3n) is 15.0. The van der Waals surface area contributed by atoms with Crippen molar-refractivity contribution in [1.29, 1.82) is 0 Å². The van der Waals surface area contributed by atoms with Gasteiger partial charge in [0.25, 0.3) is 0 Å². The molecule has 0 aliphatic carbocycles. The first-order valence-electron chi connectivity index (χ1n) is 30.8. The largest absolute Gasteiger partial charge is 0.480 e. The monoisotopic (exact) mass is 1360 g/mol. The Balaban J connectivity index is 2.36. The van der Waals surface area contributed by atoms with Gasteiger partial charge < -0.3 is 102 Å². The van der Waals surface area contributed by atoms with E-state index < -0.39 is 217 Å². The third kappa shape index (κ3) is 28.5. The summed E-state index contributed by atoms with van der Waals surface area (Å²) in [6, 6.07) is -18.5. The van der Waals surface area contributed by atoms with Crippen LogP contribution in [0.3, 0.4) is 0 Å². The summed E-state index contributed by atoms with van der Waals surface area (Å²) >= 11 is 1.48. The number of aromatic nitrogens is 4. The average molecular weight is 1360 g/mol. The molecule has 0 bridgehead atoms. The molecule has 23 N–H and O–H groups in total. The summed E-state index contributed by atoms with van der Waals surface area (Å²) in [5.74, 6) is -17.4. The summed E-state index contributed by atoms with van der Waals surface area (Å²) in [5, 5.41) is 46.6. The fourth-order valence-corrected chi connectivity index (χ4v) is 9.62. The number of nitrogens with zero attached hydrogens (tertiary/aromatic N) is 2. The van der Waals surface area contributed by atoms with E-state index in [0.29, 0.717) is 30.7 Å². The van der Waals surface area contributed by atoms with Gasteiger partial charge in [-0.3, -0.25) is 67.1 Å². The topological polar surface area (TPSA) is 590 Å². The molecular weight excluding hydrogens is 1270 g/mol. The number of H-pyrrole nitrogens is 2. The predicted molar refractivity (Wildman–Crippen MR) is 342 cm³/mol. The molecule has 0 saturated carbocycles. The number of aliphatic hydroxyl groups is 1. The molecule has 14 atom stereocenters. The molecule has 37 heteroatoms. The Labute approximate surface area is 553 Å². The zero-order chi connectivity index (χ0) is 72.0. The minimum Gasteiger partial charge on any atom is -0.480 e. The Kier molecular flexibility index (Phi) is 35.1. The van der Waals surface area contributed by atoms with Crippen LogP contribution in [0.2, 0.25) is 0 Å². The highest BCUT2D eigenvalue weighted by atomic mass is 32.2. The van der Waals surface area contributed by atoms with Crippen LogP contribution in [0.4, 0.5) is 0 Å². The Morgan fingerprint density at radius 3 is 1.23 bits per heavy atom. The van der Waals surface area contributed by atoms with Gasteiger partial charge in [0.1, 0.15) is 66.5 Å². The van der Waals surface area contributed by atoms with Crippen LogP contribution in [0.1, 0.15) is 119 Å². The number of hydrogen-bond acceptors (Lipinski definition) is 20. The molecule has 0 aromatic carbocycles. The van der Waals surface area contributed by atoms with Gasteiger partial charge in [0.05, 0.1) is 44.6 Å². The Hall–Kier alpha value is -9.26. The minimum atomic E-state index is -1.89. The van der Waals surface area contributed by atoms with Crippen LogP contribution in [0.25, 0.3) is 0 Å². The van der Waals surface area contributed by atoms with Crippen LogP contribution in [-0.2, 0) is 84.8 Å². The standard InChI is InChI=1S/C58H95N19O17S/c1-11-28(7)45(77-57(92)46(29(8)12-2)76-48(83)33(59)13-14-95-10)56(91)72-37(19-42(61)80)52(87)69-35(16-31-21-63-24-65-31)50(85)70-36(18-41(60)79)51(86)68-34(15-26(3)4)49(84)74-40(23-78)54(89)67-30(9)47(82)75-44(27(5)6)55(90)71-38(20-43(62)81)53(88)73-39(58(93)94)17-32-22-64-25-66-32/h21-22,24-30,33-40,44-46,78H,11-20,23,59H2,1-10H3,(H2,60,79)(H2,61,80)(H2,62,81)(H,63,65)(H,64,66)(H,67,89)(H,68,86)(H,69,87)(H,70,85)(H,71,90)(H,72,91)(H,73,88)(H,74,84)(H,75,82)(H,76,83)(H,77,92)(H,93,94)/t28-,29-,30-,33-,34-,35-,36-,37-,38-,39-,40-,44-,45-,46-/m0/s1. The molecule has 0 aliphatic heterocycles. The molecule has 0 unspecified atom stereocenters. The Morgan fingerprint density at radius 2 is 0.832 bits per heavy atom. The van der Waals surface area contributed by atoms with Crippen molar-refractivity contribution in [3.8, 4) is 0 Å². The number of amides is 14. The van der Waals surface area contributed by atoms with Gasteiger partial charge in [-0.15, -0.1) is 0 Å². The molecule has 0 saturated heterocycles. The van der Waals surface area contributed by atoms with Crippen LogP contribution >= 0.6 is 11.8 Å². The van der Waals surface area contributed by atoms with Crippen molar-refractivity contribution in [3.05, 3.63) is 36.4 Å². The predicted octanol–water partition coefficient (Wildman–Crippen LogP) is -6.15. The number of nitrogens with one attached hydrogen (secondary N) is 13. The molecule has 2 rings (SSSR count). The third-order valence-corrected chi connectivity index (χ3v) is 15.7. The number of imidazole rings is 2. The summed E-state index contributed by atoms with van der Waals surface area (Å²) < 4.78 is 0. The molecule has 2 heterocycles. The molecule has 2 aromatic rings. The maximum absolute atomic E-state index is 14.3. The van der Waals surface area contributed by atoms with Crippen molar-refractivity contribution in [2.24, 2.45) is 46.6 Å². The fourth-order valence-electron chi connectivity index (χ4n) is 9.13. The number of nitrogens with two attached hydrogens (primary N) is 4. The molecule has 95 heavy (non-hydrogen) atoms. The van der Waals surface area contributed by atoms with Gasteiger partial charge in [-0.25, -0.2) is 14.8 Å². The van der Waals surface area contributed by atoms with E-state index in [4.69, 9.17) is 22.9 Å². The highest BCUT2D eigenvalue weighted by molar-refractivity contribution is 7.98. The van der Waals surface area contributed by atoms with E-state index in [1.54, 1.807) is 41.5 Å². The number of hydrogen-bond donors (Lipinski definition) is 19. The quantitative estimate of drug-likeness (QED) is 0.0294. The minimum absolute atomic E-state index is 0.172. The molecule has 530 valence electrons. The van der Waals surface area contributed by atoms with E-state index >= 15 is 0 Å². The maximum atomic E-state index is 14.3. The van der Waals surface area contributed by atoms with Crippen molar-refractivity contribution in [3.63, 3.8) is 0 Å². The van der Waals surface area contributed by atoms with Crippen LogP contribution in [-0.4, -0.2) is 210 Å². The van der Waals surface area contributed by atoms with E-state index in [9.17, 15) is 82.1 Å². The molecule has 0 fully saturated rings. The van der Waals surface area contributed by atoms with Gasteiger partial charge in [0.15, 0.2) is 0 Å². The number of primary amides is 3. The van der Waals surface area contributed by atoms with Gasteiger partial charge in [-0.1, -0.05) is 68.2 Å². The number of carboxylic acid groups (broad SMARTS) is 1. The first-order chi connectivity index (χ1) is 44.6. The van der Waals surface area contributed by atoms with Crippen LogP contribution in [0.15, 0.2) is 25.0 Å². The van der Waals surface area contributed by atoms with Crippen molar-refractivity contribution < 1.29 is 82.1 Å². The van der Waals surface area contributed by atoms with Gasteiger partial charge in [-0.2, -0.15) is 11.8 Å². The van der Waals surface area contributed by atoms with E-state index in [1.807, 2.05) is 6.26 Å². The van der Waals surface area contributed by atoms with Crippen LogP contribution in [0, 0.1) is 23.7 Å². The van der Waals surface area contributed by atoms with E-state index in [-0.39, 0.29) is 18.5 Å². The van der Waals surface area contributed by atoms with E-state index in [2.05, 4.69) is 78.4 Å². The summed E-state index contributed by atoms with van der Waals surface area (Å²) in [6.45, 7) is 13.3. The van der Waals surface area contributed by atoms with Crippen molar-refractivity contribution in [1.82, 2.24) is 78.4 Å². The number of aliphatic hydroxyl groups excluding tert-OH is 1. The average Bonchev–Trinajstić information content (AvgIpc) is 3.31. The SMILES string of the molecule is CC[C@H](C)[C@H](NC(=O)[C@@H](NC(=O)[C@@H](N)CCSC)[C@@H](C)CC)C(=O)N[C@@H](CC(N)=O)C(=O)N[C@@H](Cc1cnc[nH]1)C(=O)N[C@@H](CC(N)=O)C(=O)N[C@@H](CC(C)C)C(=O)N[C@@H](CO)C(=O)N[C@@H](C)C(=O)N[C@H](C(=O)N[C@@H](CC(N)=O)C(=O)N[C@@H](Cc1cnc[nH]1)C(=O)O)C(C)C. The number of carbonyl (C=O) groups is 15. The fraction of sp³-hybridized carbons (Fsp3) is 0.638. The van der Waals surface area contributed by atoms with Gasteiger partial charge >= 0.3 is 5.97 Å². The molecule has 0 spiro atoms. The number of carbonyl (C=O) groups excluding carboxylic acids is 14. The molecule has 36 nitrogen and oxygen atoms in total. The summed E-state index contributed by atoms with van der Waals surface area (Å²) in [5.41, 5.74) is 23.1. The number of rotatable bonds is 44. The van der Waals surface area contributed by atoms with Crippen molar-refractivity contribution in [2.75, 3.05) is 18.6 Å². The number of thioether (sulfide) groups is 1. The molecule has 14 amide bonds. The van der Waals surface area contributed by atoms with Crippen molar-refractivity contribution >= 4 is 100 Å². The highest BCUT2D eigenvalue weighted by Gasteiger charge is 2.39. The van der Waals surface area contributed by atoms with Crippen LogP contribution < -0.4 is 81.4 Å². The first kappa shape index (κ1) is 81.8. The zero-order valence-corrected chi connectivity index (χ0v) is 55.8. The zero-order valence-electron chi connectivity index (χ0n) is 55.0. The lowest BCUT2D eigenvalue weighted by Crippen LogP contribution is -2.62. The second-order valence-electron chi connectivity index (χ2n) is 23.7. The Bertz CT molecular complexity index is 2950. The van der Waals surface area contributed by atoms with E-state index in [1.165, 1.54) is 57.6 Å². The highest BCUT2D eigenvalue weighted by Crippen LogP contribution is 2.15. The number of aromatic amines is 2. The van der Waals surface area contributed by atoms with Crippen LogP contribution in [0.5, 0.6) is 0 Å². The molecule has 2 aromatic heterocycles. The normalized spacial score (nSPS) is 15.6. The van der Waals surface area contributed by atoms with E-state index in [0.717, 1.165) is 0 Å². The number of carboxylic acids is 1. The first-order valence-corrected chi connectivity index (χ1v) is 32.2. The molecule has 0 radical (unpaired) electrons. The second-order valence-corrected chi connectivity index (χ2v) is 24.7. The number of aliphatic carboxylic acids is 1. The van der Waals surface area contributed by atoms with Gasteiger partial charge in [-0.05, 0) is 55.4 Å². The summed E-state index contributed by atoms with van der Waals surface area (Å²) in [7, 11) is 0. The summed E-state index contributed by atoms with van der Waals surface area (Å²) in [6.07, 6.45) is 4.70. The maximum Gasteiger partial charge on any atom is 0.326 e. The lowest BCUT2D eigenvalue weighted by atomic mass is 9.94. The lowest BCUT2D eigenvalue weighted by Gasteiger charge is -2.30. The van der Waals surface area contributed by atoms with Gasteiger partial charge in [0, 0.05) is 36.6 Å².